The zero-order valence-corrected chi connectivity index (χ0v) is 14.3. The minimum Gasteiger partial charge on any atom is -0.313 e. The Morgan fingerprint density at radius 3 is 2.50 bits per heavy atom. The molecule has 1 aliphatic rings. The van der Waals surface area contributed by atoms with Crippen molar-refractivity contribution in [3.63, 3.8) is 0 Å². The fraction of sp³-hybridized carbons (Fsp3) is 0.647. The molecule has 20 heavy (non-hydrogen) atoms. The maximum atomic E-state index is 3.50. The molecule has 1 atom stereocenters. The van der Waals surface area contributed by atoms with Crippen LogP contribution in [0, 0.1) is 5.92 Å². The molecule has 112 valence electrons. The van der Waals surface area contributed by atoms with E-state index >= 15 is 0 Å². The van der Waals surface area contributed by atoms with Gasteiger partial charge in [0.15, 0.2) is 0 Å². The average Bonchev–Trinajstić information content (AvgIpc) is 2.94. The van der Waals surface area contributed by atoms with Crippen LogP contribution in [0.5, 0.6) is 0 Å². The van der Waals surface area contributed by atoms with Gasteiger partial charge >= 0.3 is 0 Å². The van der Waals surface area contributed by atoms with Gasteiger partial charge in [-0.25, -0.2) is 0 Å². The van der Waals surface area contributed by atoms with E-state index in [1.165, 1.54) is 44.2 Å². The summed E-state index contributed by atoms with van der Waals surface area (Å²) in [4.78, 5) is 2.51. The van der Waals surface area contributed by atoms with Crippen molar-refractivity contribution < 1.29 is 0 Å². The van der Waals surface area contributed by atoms with Crippen molar-refractivity contribution in [2.75, 3.05) is 27.2 Å². The van der Waals surface area contributed by atoms with Gasteiger partial charge in [0.2, 0.25) is 0 Å². The van der Waals surface area contributed by atoms with Crippen molar-refractivity contribution in [2.24, 2.45) is 5.92 Å². The Morgan fingerprint density at radius 1 is 1.25 bits per heavy atom. The highest BCUT2D eigenvalue weighted by atomic mass is 79.9. The van der Waals surface area contributed by atoms with Crippen molar-refractivity contribution in [1.29, 1.82) is 0 Å². The summed E-state index contributed by atoms with van der Waals surface area (Å²) in [7, 11) is 4.33. The summed E-state index contributed by atoms with van der Waals surface area (Å²) in [5.41, 5.74) is 1.38. The fourth-order valence-electron chi connectivity index (χ4n) is 3.25. The van der Waals surface area contributed by atoms with Crippen molar-refractivity contribution in [1.82, 2.24) is 10.2 Å². The highest BCUT2D eigenvalue weighted by Crippen LogP contribution is 2.25. The SMILES string of the molecule is CNC(CCN(C)CC1CCCC1)c1ccc(Br)cc1. The number of benzene rings is 1. The zero-order chi connectivity index (χ0) is 14.4. The average molecular weight is 339 g/mol. The summed E-state index contributed by atoms with van der Waals surface area (Å²) in [6, 6.07) is 9.13. The van der Waals surface area contributed by atoms with Gasteiger partial charge in [-0.15, -0.1) is 0 Å². The first-order chi connectivity index (χ1) is 9.69. The van der Waals surface area contributed by atoms with E-state index in [0.29, 0.717) is 6.04 Å². The predicted molar refractivity (Wildman–Crippen MR) is 90.0 cm³/mol. The second kappa shape index (κ2) is 8.16. The third-order valence-electron chi connectivity index (χ3n) is 4.46. The van der Waals surface area contributed by atoms with Crippen LogP contribution in [0.1, 0.15) is 43.7 Å². The lowest BCUT2D eigenvalue weighted by atomic mass is 10.0. The maximum absolute atomic E-state index is 3.50. The van der Waals surface area contributed by atoms with Crippen LogP contribution >= 0.6 is 15.9 Å². The van der Waals surface area contributed by atoms with Crippen LogP contribution in [-0.2, 0) is 0 Å². The van der Waals surface area contributed by atoms with Crippen LogP contribution in [0.3, 0.4) is 0 Å². The van der Waals surface area contributed by atoms with E-state index in [1.807, 2.05) is 0 Å². The topological polar surface area (TPSA) is 15.3 Å². The number of nitrogens with zero attached hydrogens (tertiary/aromatic N) is 1. The summed E-state index contributed by atoms with van der Waals surface area (Å²) in [5, 5.41) is 3.44. The first-order valence-corrected chi connectivity index (χ1v) is 8.59. The lowest BCUT2D eigenvalue weighted by molar-refractivity contribution is 0.264. The van der Waals surface area contributed by atoms with Gasteiger partial charge < -0.3 is 10.2 Å². The summed E-state index contributed by atoms with van der Waals surface area (Å²) in [5.74, 6) is 0.945. The second-order valence-electron chi connectivity index (χ2n) is 6.09. The molecule has 2 rings (SSSR count). The Balaban J connectivity index is 1.79. The first kappa shape index (κ1) is 16.0. The standard InChI is InChI=1S/C17H27BrN2/c1-19-17(15-7-9-16(18)10-8-15)11-12-20(2)13-14-5-3-4-6-14/h7-10,14,17,19H,3-6,11-13H2,1-2H3. The maximum Gasteiger partial charge on any atom is 0.0329 e. The molecule has 0 aliphatic heterocycles. The Hall–Kier alpha value is -0.380. The number of nitrogens with one attached hydrogen (secondary N) is 1. The molecule has 0 amide bonds. The van der Waals surface area contributed by atoms with E-state index in [-0.39, 0.29) is 0 Å². The van der Waals surface area contributed by atoms with Gasteiger partial charge in [0.1, 0.15) is 0 Å². The number of halogens is 1. The number of hydrogen-bond donors (Lipinski definition) is 1. The largest absolute Gasteiger partial charge is 0.313 e. The Labute approximate surface area is 132 Å². The quantitative estimate of drug-likeness (QED) is 0.800. The van der Waals surface area contributed by atoms with E-state index < -0.39 is 0 Å². The molecule has 3 heteroatoms. The molecule has 1 aromatic rings. The Morgan fingerprint density at radius 2 is 1.90 bits per heavy atom. The third kappa shape index (κ3) is 4.87. The van der Waals surface area contributed by atoms with Gasteiger partial charge in [-0.2, -0.15) is 0 Å². The van der Waals surface area contributed by atoms with E-state index in [2.05, 4.69) is 64.5 Å². The van der Waals surface area contributed by atoms with Crippen LogP contribution < -0.4 is 5.32 Å². The summed E-state index contributed by atoms with van der Waals surface area (Å²) >= 11 is 3.50. The van der Waals surface area contributed by atoms with E-state index in [0.717, 1.165) is 16.9 Å². The zero-order valence-electron chi connectivity index (χ0n) is 12.7. The van der Waals surface area contributed by atoms with E-state index in [1.54, 1.807) is 0 Å². The molecule has 2 nitrogen and oxygen atoms in total. The molecule has 1 aliphatic carbocycles. The minimum absolute atomic E-state index is 0.453. The van der Waals surface area contributed by atoms with Crippen LogP contribution in [0.2, 0.25) is 0 Å². The molecule has 0 heterocycles. The summed E-state index contributed by atoms with van der Waals surface area (Å²) in [6.45, 7) is 2.44. The van der Waals surface area contributed by atoms with Gasteiger partial charge in [-0.1, -0.05) is 40.9 Å². The van der Waals surface area contributed by atoms with Crippen molar-refractivity contribution >= 4 is 15.9 Å². The molecule has 0 radical (unpaired) electrons. The van der Waals surface area contributed by atoms with Gasteiger partial charge in [0.05, 0.1) is 0 Å². The van der Waals surface area contributed by atoms with Crippen molar-refractivity contribution in [3.05, 3.63) is 34.3 Å². The lowest BCUT2D eigenvalue weighted by Crippen LogP contribution is -2.29. The summed E-state index contributed by atoms with van der Waals surface area (Å²) < 4.78 is 1.15. The molecular formula is C17H27BrN2. The van der Waals surface area contributed by atoms with Gasteiger partial charge in [-0.05, 0) is 63.5 Å². The van der Waals surface area contributed by atoms with Crippen LogP contribution in [0.25, 0.3) is 0 Å². The molecule has 1 aromatic carbocycles. The molecular weight excluding hydrogens is 312 g/mol. The van der Waals surface area contributed by atoms with Gasteiger partial charge in [-0.3, -0.25) is 0 Å². The second-order valence-corrected chi connectivity index (χ2v) is 7.01. The van der Waals surface area contributed by atoms with Crippen molar-refractivity contribution in [2.45, 2.75) is 38.1 Å². The van der Waals surface area contributed by atoms with Crippen LogP contribution in [0.15, 0.2) is 28.7 Å². The Bertz CT molecular complexity index is 384. The molecule has 0 saturated heterocycles. The third-order valence-corrected chi connectivity index (χ3v) is 4.99. The molecule has 1 unspecified atom stereocenters. The lowest BCUT2D eigenvalue weighted by Gasteiger charge is -2.24. The molecule has 0 bridgehead atoms. The van der Waals surface area contributed by atoms with E-state index in [9.17, 15) is 0 Å². The van der Waals surface area contributed by atoms with E-state index in [4.69, 9.17) is 0 Å². The molecule has 1 fully saturated rings. The van der Waals surface area contributed by atoms with Crippen LogP contribution in [-0.4, -0.2) is 32.1 Å². The fourth-order valence-corrected chi connectivity index (χ4v) is 3.51. The summed E-state index contributed by atoms with van der Waals surface area (Å²) in [6.07, 6.45) is 6.92. The molecule has 0 aromatic heterocycles. The molecule has 1 N–H and O–H groups in total. The van der Waals surface area contributed by atoms with Gasteiger partial charge in [0.25, 0.3) is 0 Å². The Kier molecular flexibility index (Phi) is 6.53. The molecule has 1 saturated carbocycles. The first-order valence-electron chi connectivity index (χ1n) is 7.80. The monoisotopic (exact) mass is 338 g/mol. The highest BCUT2D eigenvalue weighted by Gasteiger charge is 2.17. The normalized spacial score (nSPS) is 17.8. The predicted octanol–water partition coefficient (Wildman–Crippen LogP) is 4.22. The van der Waals surface area contributed by atoms with Crippen LogP contribution in [0.4, 0.5) is 0 Å². The van der Waals surface area contributed by atoms with Gasteiger partial charge in [0, 0.05) is 17.1 Å². The highest BCUT2D eigenvalue weighted by molar-refractivity contribution is 9.10. The smallest absolute Gasteiger partial charge is 0.0329 e. The molecule has 0 spiro atoms. The van der Waals surface area contributed by atoms with Crippen molar-refractivity contribution in [3.8, 4) is 0 Å². The number of hydrogen-bond acceptors (Lipinski definition) is 2. The number of rotatable bonds is 7. The minimum atomic E-state index is 0.453.